The van der Waals surface area contributed by atoms with E-state index in [9.17, 15) is 4.79 Å². The molecule has 1 N–H and O–H groups in total. The predicted octanol–water partition coefficient (Wildman–Crippen LogP) is 3.39. The maximum atomic E-state index is 12.9. The minimum absolute atomic E-state index is 0.000557. The highest BCUT2D eigenvalue weighted by atomic mass is 16.5. The summed E-state index contributed by atoms with van der Waals surface area (Å²) >= 11 is 0. The Morgan fingerprint density at radius 3 is 2.84 bits per heavy atom. The number of benzene rings is 2. The van der Waals surface area contributed by atoms with Gasteiger partial charge in [-0.05, 0) is 23.8 Å². The minimum Gasteiger partial charge on any atom is -0.497 e. The molecular formula is C20H20N2O3. The zero-order chi connectivity index (χ0) is 17.2. The van der Waals surface area contributed by atoms with Crippen LogP contribution in [0.1, 0.15) is 22.2 Å². The first kappa shape index (κ1) is 15.7. The van der Waals surface area contributed by atoms with Gasteiger partial charge in [-0.2, -0.15) is 0 Å². The van der Waals surface area contributed by atoms with Gasteiger partial charge in [0.05, 0.1) is 20.3 Å². The maximum absolute atomic E-state index is 12.9. The molecule has 1 fully saturated rings. The van der Waals surface area contributed by atoms with Crippen LogP contribution in [0.3, 0.4) is 0 Å². The van der Waals surface area contributed by atoms with Gasteiger partial charge in [0, 0.05) is 23.5 Å². The van der Waals surface area contributed by atoms with Crippen LogP contribution in [-0.2, 0) is 4.74 Å². The van der Waals surface area contributed by atoms with Crippen LogP contribution in [0.25, 0.3) is 10.9 Å². The van der Waals surface area contributed by atoms with Crippen LogP contribution in [0.15, 0.2) is 54.6 Å². The van der Waals surface area contributed by atoms with Crippen molar-refractivity contribution in [1.82, 2.24) is 9.88 Å². The number of hydrogen-bond donors (Lipinski definition) is 1. The van der Waals surface area contributed by atoms with E-state index >= 15 is 0 Å². The summed E-state index contributed by atoms with van der Waals surface area (Å²) in [7, 11) is 1.63. The molecule has 1 aromatic heterocycles. The summed E-state index contributed by atoms with van der Waals surface area (Å²) in [4.78, 5) is 18.0. The Morgan fingerprint density at radius 2 is 2.04 bits per heavy atom. The van der Waals surface area contributed by atoms with E-state index < -0.39 is 0 Å². The number of aromatic amines is 1. The van der Waals surface area contributed by atoms with Crippen LogP contribution in [0, 0.1) is 0 Å². The monoisotopic (exact) mass is 336 g/mol. The summed E-state index contributed by atoms with van der Waals surface area (Å²) in [5, 5.41) is 0.997. The molecule has 1 amide bonds. The molecule has 1 aliphatic heterocycles. The number of methoxy groups -OCH3 is 1. The van der Waals surface area contributed by atoms with E-state index in [0.717, 1.165) is 22.2 Å². The normalized spacial score (nSPS) is 17.6. The predicted molar refractivity (Wildman–Crippen MR) is 95.9 cm³/mol. The molecule has 4 rings (SSSR count). The highest BCUT2D eigenvalue weighted by Crippen LogP contribution is 2.25. The molecule has 0 unspecified atom stereocenters. The van der Waals surface area contributed by atoms with Gasteiger partial charge in [-0.1, -0.05) is 30.3 Å². The fourth-order valence-electron chi connectivity index (χ4n) is 3.22. The van der Waals surface area contributed by atoms with Crippen molar-refractivity contribution in [2.45, 2.75) is 6.10 Å². The number of ether oxygens (including phenoxy) is 2. The van der Waals surface area contributed by atoms with Crippen LogP contribution in [0.4, 0.5) is 0 Å². The second-order valence-electron chi connectivity index (χ2n) is 6.16. The quantitative estimate of drug-likeness (QED) is 0.798. The Bertz CT molecular complexity index is 888. The van der Waals surface area contributed by atoms with Gasteiger partial charge in [-0.15, -0.1) is 0 Å². The van der Waals surface area contributed by atoms with Crippen molar-refractivity contribution in [3.8, 4) is 5.75 Å². The Labute approximate surface area is 146 Å². The van der Waals surface area contributed by atoms with E-state index in [-0.39, 0.29) is 12.0 Å². The first-order valence-corrected chi connectivity index (χ1v) is 8.37. The number of carbonyl (C=O) groups excluding carboxylic acids is 1. The molecule has 1 aliphatic rings. The largest absolute Gasteiger partial charge is 0.497 e. The Balaban J connectivity index is 1.56. The Hall–Kier alpha value is -2.79. The summed E-state index contributed by atoms with van der Waals surface area (Å²) in [5.74, 6) is 0.767. The van der Waals surface area contributed by atoms with Crippen molar-refractivity contribution in [2.24, 2.45) is 0 Å². The highest BCUT2D eigenvalue weighted by molar-refractivity contribution is 5.98. The molecule has 0 saturated carbocycles. The summed E-state index contributed by atoms with van der Waals surface area (Å²) in [6.45, 7) is 1.70. The molecule has 0 bridgehead atoms. The van der Waals surface area contributed by atoms with Crippen LogP contribution >= 0.6 is 0 Å². The zero-order valence-electron chi connectivity index (χ0n) is 14.1. The molecule has 2 heterocycles. The third kappa shape index (κ3) is 3.10. The van der Waals surface area contributed by atoms with E-state index in [2.05, 4.69) is 4.98 Å². The van der Waals surface area contributed by atoms with Crippen molar-refractivity contribution in [2.75, 3.05) is 26.8 Å². The molecule has 1 saturated heterocycles. The number of nitrogens with zero attached hydrogens (tertiary/aromatic N) is 1. The van der Waals surface area contributed by atoms with Crippen LogP contribution < -0.4 is 4.74 Å². The molecule has 2 aromatic carbocycles. The fourth-order valence-corrected chi connectivity index (χ4v) is 3.22. The zero-order valence-corrected chi connectivity index (χ0v) is 14.1. The molecule has 0 aliphatic carbocycles. The molecule has 5 heteroatoms. The molecule has 25 heavy (non-hydrogen) atoms. The molecule has 0 spiro atoms. The number of morpholine rings is 1. The number of aromatic nitrogens is 1. The van der Waals surface area contributed by atoms with Crippen LogP contribution in [0.5, 0.6) is 5.75 Å². The van der Waals surface area contributed by atoms with Crippen LogP contribution in [0.2, 0.25) is 0 Å². The maximum Gasteiger partial charge on any atom is 0.270 e. The second kappa shape index (κ2) is 6.61. The minimum atomic E-state index is -0.0802. The number of fused-ring (bicyclic) bond motifs is 1. The average molecular weight is 336 g/mol. The lowest BCUT2D eigenvalue weighted by molar-refractivity contribution is -0.0229. The highest BCUT2D eigenvalue weighted by Gasteiger charge is 2.26. The van der Waals surface area contributed by atoms with Crippen molar-refractivity contribution < 1.29 is 14.3 Å². The van der Waals surface area contributed by atoms with E-state index in [4.69, 9.17) is 9.47 Å². The van der Waals surface area contributed by atoms with Crippen molar-refractivity contribution in [3.05, 3.63) is 65.9 Å². The third-order valence-corrected chi connectivity index (χ3v) is 4.59. The molecular weight excluding hydrogens is 316 g/mol. The van der Waals surface area contributed by atoms with Gasteiger partial charge in [0.25, 0.3) is 5.91 Å². The summed E-state index contributed by atoms with van der Waals surface area (Å²) < 4.78 is 11.1. The van der Waals surface area contributed by atoms with Gasteiger partial charge in [-0.3, -0.25) is 4.79 Å². The summed E-state index contributed by atoms with van der Waals surface area (Å²) in [6, 6.07) is 17.7. The van der Waals surface area contributed by atoms with Gasteiger partial charge < -0.3 is 19.4 Å². The number of nitrogens with one attached hydrogen (secondary N) is 1. The van der Waals surface area contributed by atoms with Gasteiger partial charge >= 0.3 is 0 Å². The average Bonchev–Trinajstić information content (AvgIpc) is 3.11. The number of carbonyl (C=O) groups is 1. The molecule has 128 valence electrons. The first-order valence-electron chi connectivity index (χ1n) is 8.37. The fraction of sp³-hybridized carbons (Fsp3) is 0.250. The van der Waals surface area contributed by atoms with Gasteiger partial charge in [0.15, 0.2) is 0 Å². The van der Waals surface area contributed by atoms with E-state index in [1.807, 2.05) is 59.5 Å². The van der Waals surface area contributed by atoms with Crippen LogP contribution in [-0.4, -0.2) is 42.6 Å². The van der Waals surface area contributed by atoms with Crippen molar-refractivity contribution in [1.29, 1.82) is 0 Å². The lowest BCUT2D eigenvalue weighted by Crippen LogP contribution is -2.42. The third-order valence-electron chi connectivity index (χ3n) is 4.59. The first-order chi connectivity index (χ1) is 12.2. The summed E-state index contributed by atoms with van der Waals surface area (Å²) in [6.07, 6.45) is -0.0802. The van der Waals surface area contributed by atoms with Gasteiger partial charge in [0.2, 0.25) is 0 Å². The summed E-state index contributed by atoms with van der Waals surface area (Å²) in [5.41, 5.74) is 2.59. The Morgan fingerprint density at radius 1 is 1.20 bits per heavy atom. The van der Waals surface area contributed by atoms with Crippen molar-refractivity contribution >= 4 is 16.8 Å². The van der Waals surface area contributed by atoms with E-state index in [1.54, 1.807) is 7.11 Å². The molecule has 5 nitrogen and oxygen atoms in total. The van der Waals surface area contributed by atoms with E-state index in [0.29, 0.717) is 25.4 Å². The SMILES string of the molecule is COc1ccc2cc(C(=O)N3CCO[C@H](c4ccccc4)C3)[nH]c2c1. The topological polar surface area (TPSA) is 54.6 Å². The van der Waals surface area contributed by atoms with E-state index in [1.165, 1.54) is 0 Å². The van der Waals surface area contributed by atoms with Gasteiger partial charge in [-0.25, -0.2) is 0 Å². The molecule has 3 aromatic rings. The number of amides is 1. The lowest BCUT2D eigenvalue weighted by Gasteiger charge is -2.33. The number of H-pyrrole nitrogens is 1. The smallest absolute Gasteiger partial charge is 0.270 e. The standard InChI is InChI=1S/C20H20N2O3/c1-24-16-8-7-15-11-18(21-17(15)12-16)20(23)22-9-10-25-19(13-22)14-5-3-2-4-6-14/h2-8,11-12,19,21H,9-10,13H2,1H3/t19-/m0/s1. The van der Waals surface area contributed by atoms with Crippen molar-refractivity contribution in [3.63, 3.8) is 0 Å². The lowest BCUT2D eigenvalue weighted by atomic mass is 10.1. The second-order valence-corrected chi connectivity index (χ2v) is 6.16. The Kier molecular flexibility index (Phi) is 4.15. The number of hydrogen-bond acceptors (Lipinski definition) is 3. The molecule has 0 radical (unpaired) electrons. The molecule has 1 atom stereocenters. The van der Waals surface area contributed by atoms with Gasteiger partial charge in [0.1, 0.15) is 17.5 Å². The number of rotatable bonds is 3.